The van der Waals surface area contributed by atoms with Gasteiger partial charge in [-0.1, -0.05) is 35.9 Å². The Morgan fingerprint density at radius 2 is 1.79 bits per heavy atom. The van der Waals surface area contributed by atoms with E-state index in [0.29, 0.717) is 30.4 Å². The molecule has 0 saturated carbocycles. The zero-order valence-corrected chi connectivity index (χ0v) is 19.0. The van der Waals surface area contributed by atoms with Crippen molar-refractivity contribution < 1.29 is 9.21 Å². The highest BCUT2D eigenvalue weighted by atomic mass is 35.5. The summed E-state index contributed by atoms with van der Waals surface area (Å²) in [4.78, 5) is 26.6. The molecule has 2 aromatic heterocycles. The van der Waals surface area contributed by atoms with Gasteiger partial charge in [-0.05, 0) is 49.2 Å². The largest absolute Gasteiger partial charge is 0.467 e. The van der Waals surface area contributed by atoms with Crippen LogP contribution in [0.4, 0.5) is 5.82 Å². The third kappa shape index (κ3) is 4.71. The summed E-state index contributed by atoms with van der Waals surface area (Å²) in [7, 11) is 0. The molecule has 1 amide bonds. The van der Waals surface area contributed by atoms with Crippen molar-refractivity contribution in [1.82, 2.24) is 14.9 Å². The number of fused-ring (bicyclic) bond motifs is 1. The maximum absolute atomic E-state index is 12.8. The molecule has 4 aromatic rings. The number of aromatic nitrogens is 2. The second-order valence-electron chi connectivity index (χ2n) is 8.21. The first kappa shape index (κ1) is 21.5. The lowest BCUT2D eigenvalue weighted by Crippen LogP contribution is -2.33. The first-order valence-electron chi connectivity index (χ1n) is 11.3. The van der Waals surface area contributed by atoms with E-state index in [4.69, 9.17) is 26.0 Å². The fourth-order valence-corrected chi connectivity index (χ4v) is 4.49. The summed E-state index contributed by atoms with van der Waals surface area (Å²) < 4.78 is 5.64. The summed E-state index contributed by atoms with van der Waals surface area (Å²) in [5.74, 6) is 2.32. The smallest absolute Gasteiger partial charge is 0.224 e. The van der Waals surface area contributed by atoms with E-state index >= 15 is 0 Å². The zero-order valence-electron chi connectivity index (χ0n) is 18.3. The zero-order chi connectivity index (χ0) is 22.6. The minimum absolute atomic E-state index is 0.182. The number of hydrogen-bond donors (Lipinski definition) is 0. The van der Waals surface area contributed by atoms with Crippen LogP contribution >= 0.6 is 11.6 Å². The van der Waals surface area contributed by atoms with Crippen LogP contribution in [0.1, 0.15) is 25.0 Å². The highest BCUT2D eigenvalue weighted by molar-refractivity contribution is 6.33. The van der Waals surface area contributed by atoms with Crippen molar-refractivity contribution in [2.45, 2.75) is 25.8 Å². The van der Waals surface area contributed by atoms with Gasteiger partial charge in [0.15, 0.2) is 5.82 Å². The van der Waals surface area contributed by atoms with Gasteiger partial charge >= 0.3 is 0 Å². The van der Waals surface area contributed by atoms with Gasteiger partial charge in [-0.3, -0.25) is 4.79 Å². The quantitative estimate of drug-likeness (QED) is 0.361. The molecule has 0 unspecified atom stereocenters. The lowest BCUT2D eigenvalue weighted by atomic mass is 10.1. The van der Waals surface area contributed by atoms with Gasteiger partial charge < -0.3 is 14.2 Å². The number of hydrogen-bond acceptors (Lipinski definition) is 5. The van der Waals surface area contributed by atoms with Crippen molar-refractivity contribution in [3.8, 4) is 11.4 Å². The fraction of sp³-hybridized carbons (Fsp3) is 0.269. The average molecular weight is 461 g/mol. The molecule has 7 heteroatoms. The van der Waals surface area contributed by atoms with Crippen LogP contribution in [0.15, 0.2) is 71.3 Å². The van der Waals surface area contributed by atoms with Gasteiger partial charge in [0.05, 0.1) is 23.3 Å². The van der Waals surface area contributed by atoms with E-state index in [2.05, 4.69) is 4.90 Å². The first-order chi connectivity index (χ1) is 16.2. The molecule has 3 heterocycles. The standard InChI is InChI=1S/C26H25ClN4O2/c27-22-11-3-1-9-20(22)25-28-23-12-4-2-10-21(23)26(29-25)31(18-19-8-7-17-33-19)16-13-24(32)30-14-5-6-15-30/h1-4,7-12,17H,5-6,13-16,18H2. The molecule has 1 fully saturated rings. The molecule has 1 aliphatic heterocycles. The number of rotatable bonds is 7. The van der Waals surface area contributed by atoms with Crippen LogP contribution in [0.3, 0.4) is 0 Å². The van der Waals surface area contributed by atoms with Crippen LogP contribution < -0.4 is 4.90 Å². The molecule has 0 spiro atoms. The molecule has 1 aliphatic rings. The summed E-state index contributed by atoms with van der Waals surface area (Å²) in [5.41, 5.74) is 1.60. The minimum Gasteiger partial charge on any atom is -0.467 e. The van der Waals surface area contributed by atoms with Crippen molar-refractivity contribution in [1.29, 1.82) is 0 Å². The molecule has 168 valence electrons. The normalized spacial score (nSPS) is 13.5. The monoisotopic (exact) mass is 460 g/mol. The Labute approximate surface area is 197 Å². The van der Waals surface area contributed by atoms with Crippen LogP contribution in [0.5, 0.6) is 0 Å². The molecule has 1 saturated heterocycles. The van der Waals surface area contributed by atoms with Crippen molar-refractivity contribution in [3.63, 3.8) is 0 Å². The van der Waals surface area contributed by atoms with Crippen molar-refractivity contribution in [2.75, 3.05) is 24.5 Å². The minimum atomic E-state index is 0.182. The summed E-state index contributed by atoms with van der Waals surface area (Å²) in [6.45, 7) is 2.73. The number of carbonyl (C=O) groups is 1. The molecule has 0 aliphatic carbocycles. The van der Waals surface area contributed by atoms with E-state index in [9.17, 15) is 4.79 Å². The molecule has 0 radical (unpaired) electrons. The molecule has 0 atom stereocenters. The SMILES string of the molecule is O=C(CCN(Cc1ccco1)c1nc(-c2ccccc2Cl)nc2ccccc12)N1CCCC1. The maximum atomic E-state index is 12.8. The lowest BCUT2D eigenvalue weighted by Gasteiger charge is -2.25. The third-order valence-electron chi connectivity index (χ3n) is 5.98. The Balaban J connectivity index is 1.55. The van der Waals surface area contributed by atoms with E-state index < -0.39 is 0 Å². The van der Waals surface area contributed by atoms with Gasteiger partial charge in [-0.15, -0.1) is 0 Å². The predicted molar refractivity (Wildman–Crippen MR) is 130 cm³/mol. The van der Waals surface area contributed by atoms with E-state index in [-0.39, 0.29) is 5.91 Å². The number of anilines is 1. The number of benzene rings is 2. The van der Waals surface area contributed by atoms with Gasteiger partial charge in [-0.2, -0.15) is 0 Å². The van der Waals surface area contributed by atoms with E-state index in [1.165, 1.54) is 0 Å². The number of amides is 1. The molecular formula is C26H25ClN4O2. The Morgan fingerprint density at radius 3 is 2.58 bits per heavy atom. The summed E-state index contributed by atoms with van der Waals surface area (Å²) in [6.07, 6.45) is 4.25. The molecule has 0 N–H and O–H groups in total. The number of para-hydroxylation sites is 1. The highest BCUT2D eigenvalue weighted by Crippen LogP contribution is 2.31. The fourth-order valence-electron chi connectivity index (χ4n) is 4.27. The van der Waals surface area contributed by atoms with Crippen molar-refractivity contribution >= 4 is 34.2 Å². The number of nitrogens with zero attached hydrogens (tertiary/aromatic N) is 4. The van der Waals surface area contributed by atoms with Crippen molar-refractivity contribution in [2.24, 2.45) is 0 Å². The molecule has 0 bridgehead atoms. The Morgan fingerprint density at radius 1 is 1.00 bits per heavy atom. The summed E-state index contributed by atoms with van der Waals surface area (Å²) >= 11 is 6.47. The van der Waals surface area contributed by atoms with Crippen LogP contribution in [0.2, 0.25) is 5.02 Å². The molecular weight excluding hydrogens is 436 g/mol. The Bertz CT molecular complexity index is 1250. The number of furan rings is 1. The van der Waals surface area contributed by atoms with Gasteiger partial charge in [0.25, 0.3) is 0 Å². The second kappa shape index (κ2) is 9.63. The van der Waals surface area contributed by atoms with Crippen LogP contribution in [0.25, 0.3) is 22.3 Å². The summed E-state index contributed by atoms with van der Waals surface area (Å²) in [5, 5.41) is 1.52. The van der Waals surface area contributed by atoms with Gasteiger partial charge in [0.2, 0.25) is 5.91 Å². The van der Waals surface area contributed by atoms with E-state index in [1.807, 2.05) is 65.6 Å². The average Bonchev–Trinajstić information content (AvgIpc) is 3.56. The number of halogens is 1. The topological polar surface area (TPSA) is 62.5 Å². The van der Waals surface area contributed by atoms with Gasteiger partial charge in [0.1, 0.15) is 11.6 Å². The number of carbonyl (C=O) groups excluding carboxylic acids is 1. The van der Waals surface area contributed by atoms with Crippen LogP contribution in [-0.2, 0) is 11.3 Å². The first-order valence-corrected chi connectivity index (χ1v) is 11.6. The van der Waals surface area contributed by atoms with Gasteiger partial charge in [-0.25, -0.2) is 9.97 Å². The summed E-state index contributed by atoms with van der Waals surface area (Å²) in [6, 6.07) is 19.3. The van der Waals surface area contributed by atoms with Crippen molar-refractivity contribution in [3.05, 3.63) is 77.7 Å². The number of likely N-dealkylation sites (tertiary alicyclic amines) is 1. The Kier molecular flexibility index (Phi) is 6.26. The van der Waals surface area contributed by atoms with E-state index in [1.54, 1.807) is 6.26 Å². The van der Waals surface area contributed by atoms with E-state index in [0.717, 1.165) is 54.0 Å². The molecule has 5 rings (SSSR count). The third-order valence-corrected chi connectivity index (χ3v) is 6.31. The predicted octanol–water partition coefficient (Wildman–Crippen LogP) is 5.56. The lowest BCUT2D eigenvalue weighted by molar-refractivity contribution is -0.129. The maximum Gasteiger partial charge on any atom is 0.224 e. The Hall–Kier alpha value is -3.38. The van der Waals surface area contributed by atoms with Crippen LogP contribution in [-0.4, -0.2) is 40.4 Å². The molecule has 33 heavy (non-hydrogen) atoms. The van der Waals surface area contributed by atoms with Gasteiger partial charge in [0, 0.05) is 37.0 Å². The molecule has 6 nitrogen and oxygen atoms in total. The van der Waals surface area contributed by atoms with Crippen LogP contribution in [0, 0.1) is 0 Å². The highest BCUT2D eigenvalue weighted by Gasteiger charge is 2.22. The second-order valence-corrected chi connectivity index (χ2v) is 8.61. The molecule has 2 aromatic carbocycles.